The molecule has 12 heavy (non-hydrogen) atoms. The number of hydrogen-bond donors (Lipinski definition) is 1. The van der Waals surface area contributed by atoms with Crippen LogP contribution < -0.4 is 18.9 Å². The molecule has 0 radical (unpaired) electrons. The van der Waals surface area contributed by atoms with Gasteiger partial charge in [0, 0.05) is 0 Å². The van der Waals surface area contributed by atoms with Crippen LogP contribution in [0.4, 0.5) is 0 Å². The van der Waals surface area contributed by atoms with Crippen molar-refractivity contribution in [3.8, 4) is 0 Å². The van der Waals surface area contributed by atoms with Gasteiger partial charge in [0.25, 0.3) is 0 Å². The standard InChI is InChI=1S/C7H12O4.Li.H/c1-4-11-6(10)7(2,3)5(8)9;;/h4H2,1-3H3,(H,8,9);;/q;+1;-1. The fourth-order valence-electron chi connectivity index (χ4n) is 0.399. The van der Waals surface area contributed by atoms with Crippen molar-refractivity contribution in [2.75, 3.05) is 6.61 Å². The van der Waals surface area contributed by atoms with Crippen molar-refractivity contribution in [1.29, 1.82) is 0 Å². The van der Waals surface area contributed by atoms with E-state index in [0.29, 0.717) is 0 Å². The molecule has 0 bridgehead atoms. The molecule has 0 aliphatic carbocycles. The average Bonchev–Trinajstić information content (AvgIpc) is 1.88. The van der Waals surface area contributed by atoms with Crippen LogP contribution in [0.1, 0.15) is 22.2 Å². The summed E-state index contributed by atoms with van der Waals surface area (Å²) in [6.07, 6.45) is 0. The maximum absolute atomic E-state index is 10.9. The topological polar surface area (TPSA) is 63.6 Å². The Kier molecular flexibility index (Phi) is 6.14. The predicted molar refractivity (Wildman–Crippen MR) is 39.2 cm³/mol. The molecule has 1 N–H and O–H groups in total. The van der Waals surface area contributed by atoms with Gasteiger partial charge >= 0.3 is 30.8 Å². The van der Waals surface area contributed by atoms with Gasteiger partial charge < -0.3 is 11.3 Å². The molecule has 0 aliphatic rings. The molecule has 0 unspecified atom stereocenters. The molecule has 0 atom stereocenters. The van der Waals surface area contributed by atoms with Crippen LogP contribution in [0.15, 0.2) is 0 Å². The third-order valence-electron chi connectivity index (χ3n) is 1.32. The first-order valence-corrected chi connectivity index (χ1v) is 3.33. The summed E-state index contributed by atoms with van der Waals surface area (Å²) >= 11 is 0. The van der Waals surface area contributed by atoms with Gasteiger partial charge in [-0.15, -0.1) is 0 Å². The summed E-state index contributed by atoms with van der Waals surface area (Å²) in [6, 6.07) is 0. The quantitative estimate of drug-likeness (QED) is 0.294. The molecule has 0 amide bonds. The van der Waals surface area contributed by atoms with Crippen LogP contribution in [0.3, 0.4) is 0 Å². The van der Waals surface area contributed by atoms with Gasteiger partial charge in [0.15, 0.2) is 5.41 Å². The number of ether oxygens (including phenoxy) is 1. The molecule has 0 heterocycles. The van der Waals surface area contributed by atoms with E-state index < -0.39 is 17.4 Å². The summed E-state index contributed by atoms with van der Waals surface area (Å²) < 4.78 is 4.55. The summed E-state index contributed by atoms with van der Waals surface area (Å²) in [4.78, 5) is 21.3. The first-order valence-electron chi connectivity index (χ1n) is 3.33. The van der Waals surface area contributed by atoms with Crippen LogP contribution in [-0.4, -0.2) is 23.7 Å². The van der Waals surface area contributed by atoms with Crippen LogP contribution in [0.5, 0.6) is 0 Å². The molecule has 0 aliphatic heterocycles. The zero-order valence-electron chi connectivity index (χ0n) is 8.88. The SMILES string of the molecule is CCOC(=O)C(C)(C)C(=O)O.[H-].[Li+]. The Labute approximate surface area is 84.9 Å². The molecular weight excluding hydrogens is 155 g/mol. The fourth-order valence-corrected chi connectivity index (χ4v) is 0.399. The minimum atomic E-state index is -1.43. The fraction of sp³-hybridized carbons (Fsp3) is 0.714. The van der Waals surface area contributed by atoms with Crippen LogP contribution >= 0.6 is 0 Å². The summed E-state index contributed by atoms with van der Waals surface area (Å²) in [6.45, 7) is 4.46. The molecule has 0 aromatic heterocycles. The van der Waals surface area contributed by atoms with Crippen molar-refractivity contribution in [3.05, 3.63) is 0 Å². The Morgan fingerprint density at radius 1 is 1.50 bits per heavy atom. The second-order valence-corrected chi connectivity index (χ2v) is 2.65. The maximum Gasteiger partial charge on any atom is 1.00 e. The van der Waals surface area contributed by atoms with E-state index in [4.69, 9.17) is 5.11 Å². The first kappa shape index (κ1) is 14.1. The summed E-state index contributed by atoms with van der Waals surface area (Å²) in [5.41, 5.74) is -1.43. The molecule has 4 nitrogen and oxygen atoms in total. The van der Waals surface area contributed by atoms with Gasteiger partial charge in [0.05, 0.1) is 6.61 Å². The van der Waals surface area contributed by atoms with Gasteiger partial charge in [-0.3, -0.25) is 9.59 Å². The third-order valence-corrected chi connectivity index (χ3v) is 1.32. The van der Waals surface area contributed by atoms with Crippen molar-refractivity contribution in [2.45, 2.75) is 20.8 Å². The third kappa shape index (κ3) is 3.29. The molecule has 5 heteroatoms. The Hall–Kier alpha value is -0.463. The predicted octanol–water partition coefficient (Wildman–Crippen LogP) is -2.22. The van der Waals surface area contributed by atoms with Crippen molar-refractivity contribution in [3.63, 3.8) is 0 Å². The molecule has 0 saturated heterocycles. The van der Waals surface area contributed by atoms with Crippen molar-refractivity contribution >= 4 is 11.9 Å². The zero-order valence-corrected chi connectivity index (χ0v) is 7.88. The number of carboxylic acids is 1. The smallest absolute Gasteiger partial charge is 1.00 e. The van der Waals surface area contributed by atoms with Gasteiger partial charge in [-0.25, -0.2) is 0 Å². The molecule has 66 valence electrons. The van der Waals surface area contributed by atoms with Crippen LogP contribution in [-0.2, 0) is 14.3 Å². The number of aliphatic carboxylic acids is 1. The van der Waals surface area contributed by atoms with E-state index in [9.17, 15) is 9.59 Å². The van der Waals surface area contributed by atoms with Gasteiger partial charge in [0.1, 0.15) is 0 Å². The second-order valence-electron chi connectivity index (χ2n) is 2.65. The summed E-state index contributed by atoms with van der Waals surface area (Å²) in [7, 11) is 0. The average molecular weight is 168 g/mol. The largest absolute Gasteiger partial charge is 1.00 e. The number of rotatable bonds is 3. The van der Waals surface area contributed by atoms with E-state index in [1.54, 1.807) is 6.92 Å². The van der Waals surface area contributed by atoms with Crippen LogP contribution in [0, 0.1) is 5.41 Å². The van der Waals surface area contributed by atoms with E-state index in [1.807, 2.05) is 0 Å². The van der Waals surface area contributed by atoms with E-state index in [2.05, 4.69) is 4.74 Å². The van der Waals surface area contributed by atoms with E-state index in [-0.39, 0.29) is 26.9 Å². The van der Waals surface area contributed by atoms with Gasteiger partial charge in [-0.05, 0) is 20.8 Å². The summed E-state index contributed by atoms with van der Waals surface area (Å²) in [5, 5.41) is 8.54. The molecule has 0 saturated carbocycles. The number of hydrogen-bond acceptors (Lipinski definition) is 3. The number of carboxylic acid groups (broad SMARTS) is 1. The minimum absolute atomic E-state index is 0. The molecule has 0 fully saturated rings. The van der Waals surface area contributed by atoms with Crippen molar-refractivity contribution < 1.29 is 39.7 Å². The molecular formula is C7H13LiO4. The number of esters is 1. The summed E-state index contributed by atoms with van der Waals surface area (Å²) in [5.74, 6) is -1.87. The molecule has 0 rings (SSSR count). The molecule has 0 aromatic carbocycles. The Morgan fingerprint density at radius 2 is 1.92 bits per heavy atom. The monoisotopic (exact) mass is 168 g/mol. The number of carbonyl (C=O) groups is 2. The first-order chi connectivity index (χ1) is 4.92. The second kappa shape index (κ2) is 5.23. The van der Waals surface area contributed by atoms with Crippen molar-refractivity contribution in [1.82, 2.24) is 0 Å². The molecule has 0 spiro atoms. The maximum atomic E-state index is 10.9. The normalized spacial score (nSPS) is 9.92. The number of carbonyl (C=O) groups excluding carboxylic acids is 1. The van der Waals surface area contributed by atoms with Gasteiger partial charge in [-0.1, -0.05) is 0 Å². The van der Waals surface area contributed by atoms with Gasteiger partial charge in [-0.2, -0.15) is 0 Å². The van der Waals surface area contributed by atoms with E-state index in [0.717, 1.165) is 0 Å². The zero-order chi connectivity index (χ0) is 9.07. The Bertz CT molecular complexity index is 181. The van der Waals surface area contributed by atoms with E-state index in [1.165, 1.54) is 13.8 Å². The van der Waals surface area contributed by atoms with E-state index >= 15 is 0 Å². The van der Waals surface area contributed by atoms with Crippen molar-refractivity contribution in [2.24, 2.45) is 5.41 Å². The minimum Gasteiger partial charge on any atom is -1.00 e. The van der Waals surface area contributed by atoms with Gasteiger partial charge in [0.2, 0.25) is 0 Å². The Morgan fingerprint density at radius 3 is 2.17 bits per heavy atom. The molecule has 0 aromatic rings. The van der Waals surface area contributed by atoms with Crippen LogP contribution in [0.2, 0.25) is 0 Å². The van der Waals surface area contributed by atoms with Crippen LogP contribution in [0.25, 0.3) is 0 Å². The Balaban J connectivity index is -0.000000500.